The van der Waals surface area contributed by atoms with Crippen molar-refractivity contribution in [3.63, 3.8) is 0 Å². The lowest BCUT2D eigenvalue weighted by Crippen LogP contribution is -2.36. The molecular weight excluding hydrogens is 432 g/mol. The van der Waals surface area contributed by atoms with Gasteiger partial charge in [-0.25, -0.2) is 0 Å². The van der Waals surface area contributed by atoms with Crippen LogP contribution in [0.5, 0.6) is 5.75 Å². The van der Waals surface area contributed by atoms with Crippen molar-refractivity contribution in [2.45, 2.75) is 19.3 Å². The monoisotopic (exact) mass is 462 g/mol. The van der Waals surface area contributed by atoms with E-state index in [-0.39, 0.29) is 17.7 Å². The Morgan fingerprint density at radius 2 is 2.03 bits per heavy atom. The SMILES string of the molecule is O=C1CCCN1CCOc1ccccc1C(=O)N1CCOC[C@@H](Cc2ccc3ccoc3c2)C1. The Balaban J connectivity index is 1.24. The molecule has 2 saturated heterocycles. The number of hydrogen-bond acceptors (Lipinski definition) is 5. The number of carbonyl (C=O) groups is 2. The van der Waals surface area contributed by atoms with Crippen molar-refractivity contribution in [2.75, 3.05) is 46.0 Å². The molecule has 2 fully saturated rings. The molecule has 2 amide bonds. The Hall–Kier alpha value is -3.32. The Morgan fingerprint density at radius 1 is 1.12 bits per heavy atom. The number of para-hydroxylation sites is 1. The van der Waals surface area contributed by atoms with Crippen molar-refractivity contribution in [3.8, 4) is 5.75 Å². The lowest BCUT2D eigenvalue weighted by molar-refractivity contribution is -0.128. The molecule has 0 unspecified atom stereocenters. The third-order valence-electron chi connectivity index (χ3n) is 6.58. The third kappa shape index (κ3) is 5.09. The maximum absolute atomic E-state index is 13.5. The summed E-state index contributed by atoms with van der Waals surface area (Å²) in [6.45, 7) is 3.99. The first-order chi connectivity index (χ1) is 16.7. The molecule has 178 valence electrons. The predicted molar refractivity (Wildman–Crippen MR) is 128 cm³/mol. The molecule has 34 heavy (non-hydrogen) atoms. The lowest BCUT2D eigenvalue weighted by atomic mass is 9.98. The highest BCUT2D eigenvalue weighted by atomic mass is 16.5. The van der Waals surface area contributed by atoms with Gasteiger partial charge in [-0.2, -0.15) is 0 Å². The van der Waals surface area contributed by atoms with Crippen molar-refractivity contribution in [1.82, 2.24) is 9.80 Å². The number of benzene rings is 2. The number of furan rings is 1. The van der Waals surface area contributed by atoms with Gasteiger partial charge in [0.05, 0.1) is 31.6 Å². The van der Waals surface area contributed by atoms with Crippen LogP contribution in [0.25, 0.3) is 11.0 Å². The highest BCUT2D eigenvalue weighted by Crippen LogP contribution is 2.24. The summed E-state index contributed by atoms with van der Waals surface area (Å²) in [5, 5.41) is 1.09. The van der Waals surface area contributed by atoms with E-state index in [1.54, 1.807) is 6.26 Å². The Morgan fingerprint density at radius 3 is 2.91 bits per heavy atom. The van der Waals surface area contributed by atoms with E-state index in [2.05, 4.69) is 18.2 Å². The van der Waals surface area contributed by atoms with Crippen LogP contribution in [0, 0.1) is 5.92 Å². The normalized spacial score (nSPS) is 18.9. The van der Waals surface area contributed by atoms with Crippen LogP contribution < -0.4 is 4.74 Å². The first-order valence-corrected chi connectivity index (χ1v) is 12.0. The van der Waals surface area contributed by atoms with E-state index in [0.29, 0.717) is 57.2 Å². The summed E-state index contributed by atoms with van der Waals surface area (Å²) >= 11 is 0. The number of carbonyl (C=O) groups excluding carboxylic acids is 2. The molecule has 7 heteroatoms. The molecular formula is C27H30N2O5. The van der Waals surface area contributed by atoms with Crippen molar-refractivity contribution < 1.29 is 23.5 Å². The molecule has 0 spiro atoms. The fourth-order valence-electron chi connectivity index (χ4n) is 4.79. The standard InChI is InChI=1S/C27H30N2O5/c30-26-6-3-10-28(26)12-15-34-24-5-2-1-4-23(24)27(31)29-11-14-32-19-21(18-29)16-20-7-8-22-9-13-33-25(22)17-20/h1-2,4-5,7-9,13,17,21H,3,6,10-12,14-16,18-19H2/t21-/m0/s1. The summed E-state index contributed by atoms with van der Waals surface area (Å²) < 4.78 is 17.3. The van der Waals surface area contributed by atoms with Gasteiger partial charge in [0.2, 0.25) is 5.91 Å². The predicted octanol–water partition coefficient (Wildman–Crippen LogP) is 3.77. The molecule has 3 aromatic rings. The van der Waals surface area contributed by atoms with Gasteiger partial charge in [0.25, 0.3) is 5.91 Å². The quantitative estimate of drug-likeness (QED) is 0.535. The summed E-state index contributed by atoms with van der Waals surface area (Å²) in [5.41, 5.74) is 2.60. The number of ether oxygens (including phenoxy) is 2. The molecule has 1 atom stereocenters. The summed E-state index contributed by atoms with van der Waals surface area (Å²) in [6.07, 6.45) is 4.03. The van der Waals surface area contributed by atoms with E-state index in [1.165, 1.54) is 5.56 Å². The van der Waals surface area contributed by atoms with Crippen molar-refractivity contribution >= 4 is 22.8 Å². The second-order valence-corrected chi connectivity index (χ2v) is 9.02. The summed E-state index contributed by atoms with van der Waals surface area (Å²) in [7, 11) is 0. The lowest BCUT2D eigenvalue weighted by Gasteiger charge is -2.25. The zero-order valence-corrected chi connectivity index (χ0v) is 19.3. The molecule has 1 aromatic heterocycles. The third-order valence-corrected chi connectivity index (χ3v) is 6.58. The second-order valence-electron chi connectivity index (χ2n) is 9.02. The van der Waals surface area contributed by atoms with Crippen LogP contribution in [0.15, 0.2) is 59.2 Å². The average molecular weight is 463 g/mol. The Bertz CT molecular complexity index is 1160. The number of nitrogens with zero attached hydrogens (tertiary/aromatic N) is 2. The van der Waals surface area contributed by atoms with Crippen LogP contribution in [0.3, 0.4) is 0 Å². The van der Waals surface area contributed by atoms with Crippen molar-refractivity contribution in [3.05, 3.63) is 65.9 Å². The molecule has 3 heterocycles. The molecule has 7 nitrogen and oxygen atoms in total. The summed E-state index contributed by atoms with van der Waals surface area (Å²) in [6, 6.07) is 15.6. The van der Waals surface area contributed by atoms with E-state index in [1.807, 2.05) is 40.1 Å². The van der Waals surface area contributed by atoms with Gasteiger partial charge in [-0.15, -0.1) is 0 Å². The second kappa shape index (κ2) is 10.3. The van der Waals surface area contributed by atoms with E-state index in [4.69, 9.17) is 13.9 Å². The molecule has 0 aliphatic carbocycles. The minimum Gasteiger partial charge on any atom is -0.491 e. The highest BCUT2D eigenvalue weighted by Gasteiger charge is 2.26. The van der Waals surface area contributed by atoms with Gasteiger partial charge in [0, 0.05) is 37.4 Å². The molecule has 0 bridgehead atoms. The number of likely N-dealkylation sites (tertiary alicyclic amines) is 1. The van der Waals surface area contributed by atoms with Gasteiger partial charge < -0.3 is 23.7 Å². The van der Waals surface area contributed by atoms with Gasteiger partial charge >= 0.3 is 0 Å². The van der Waals surface area contributed by atoms with Crippen LogP contribution in [-0.4, -0.2) is 67.6 Å². The Kier molecular flexibility index (Phi) is 6.81. The zero-order chi connectivity index (χ0) is 23.3. The molecule has 5 rings (SSSR count). The molecule has 2 aliphatic heterocycles. The van der Waals surface area contributed by atoms with Gasteiger partial charge in [-0.3, -0.25) is 9.59 Å². The molecule has 0 radical (unpaired) electrons. The van der Waals surface area contributed by atoms with Gasteiger partial charge in [0.1, 0.15) is 17.9 Å². The maximum Gasteiger partial charge on any atom is 0.257 e. The van der Waals surface area contributed by atoms with Gasteiger partial charge in [-0.1, -0.05) is 24.3 Å². The highest BCUT2D eigenvalue weighted by molar-refractivity contribution is 5.97. The summed E-state index contributed by atoms with van der Waals surface area (Å²) in [5.74, 6) is 0.872. The molecule has 2 aliphatic rings. The molecule has 2 aromatic carbocycles. The van der Waals surface area contributed by atoms with Crippen LogP contribution in [0.4, 0.5) is 0 Å². The molecule has 0 N–H and O–H groups in total. The maximum atomic E-state index is 13.5. The van der Waals surface area contributed by atoms with E-state index < -0.39 is 0 Å². The minimum atomic E-state index is -0.0511. The van der Waals surface area contributed by atoms with E-state index in [9.17, 15) is 9.59 Å². The van der Waals surface area contributed by atoms with Crippen LogP contribution in [-0.2, 0) is 16.0 Å². The van der Waals surface area contributed by atoms with Gasteiger partial charge in [-0.05, 0) is 42.7 Å². The number of rotatable bonds is 7. The smallest absolute Gasteiger partial charge is 0.257 e. The first kappa shape index (κ1) is 22.5. The van der Waals surface area contributed by atoms with Crippen molar-refractivity contribution in [1.29, 1.82) is 0 Å². The molecule has 0 saturated carbocycles. The van der Waals surface area contributed by atoms with Crippen LogP contribution in [0.1, 0.15) is 28.8 Å². The van der Waals surface area contributed by atoms with Gasteiger partial charge in [0.15, 0.2) is 0 Å². The van der Waals surface area contributed by atoms with E-state index >= 15 is 0 Å². The fraction of sp³-hybridized carbons (Fsp3) is 0.407. The minimum absolute atomic E-state index is 0.0511. The zero-order valence-electron chi connectivity index (χ0n) is 19.3. The van der Waals surface area contributed by atoms with Crippen LogP contribution >= 0.6 is 0 Å². The first-order valence-electron chi connectivity index (χ1n) is 12.0. The fourth-order valence-corrected chi connectivity index (χ4v) is 4.79. The Labute approximate surface area is 199 Å². The topological polar surface area (TPSA) is 72.2 Å². The number of fused-ring (bicyclic) bond motifs is 1. The number of amides is 2. The van der Waals surface area contributed by atoms with Crippen LogP contribution in [0.2, 0.25) is 0 Å². The summed E-state index contributed by atoms with van der Waals surface area (Å²) in [4.78, 5) is 29.0. The average Bonchev–Trinajstić information content (AvgIpc) is 3.42. The van der Waals surface area contributed by atoms with Crippen molar-refractivity contribution in [2.24, 2.45) is 5.92 Å². The number of hydrogen-bond donors (Lipinski definition) is 0. The largest absolute Gasteiger partial charge is 0.491 e. The van der Waals surface area contributed by atoms with E-state index in [0.717, 1.165) is 30.4 Å².